The number of hydrogen-bond donors (Lipinski definition) is 1. The van der Waals surface area contributed by atoms with Crippen LogP contribution in [0.4, 0.5) is 18.9 Å². The summed E-state index contributed by atoms with van der Waals surface area (Å²) in [7, 11) is 0. The fourth-order valence-corrected chi connectivity index (χ4v) is 2.77. The molecule has 3 aromatic rings. The monoisotopic (exact) mass is 360 g/mol. The van der Waals surface area contributed by atoms with E-state index in [1.54, 1.807) is 37.3 Å². The van der Waals surface area contributed by atoms with E-state index in [2.05, 4.69) is 5.32 Å². The fourth-order valence-electron chi connectivity index (χ4n) is 2.77. The Morgan fingerprint density at radius 1 is 1.08 bits per heavy atom. The van der Waals surface area contributed by atoms with Crippen molar-refractivity contribution in [2.75, 3.05) is 5.32 Å². The van der Waals surface area contributed by atoms with Gasteiger partial charge in [0.25, 0.3) is 11.5 Å². The number of hydrogen-bond acceptors (Lipinski definition) is 2. The largest absolute Gasteiger partial charge is 0.416 e. The standard InChI is InChI=1S/C19H15F3N2O2/c1-2-24-16(10-12-6-3-4-9-15(12)18(24)26)17(25)23-14-8-5-7-13(11-14)19(20,21)22/h3-11H,2H2,1H3,(H,23,25). The first-order valence-electron chi connectivity index (χ1n) is 7.92. The van der Waals surface area contributed by atoms with Gasteiger partial charge < -0.3 is 9.88 Å². The molecule has 0 saturated carbocycles. The zero-order chi connectivity index (χ0) is 18.9. The summed E-state index contributed by atoms with van der Waals surface area (Å²) >= 11 is 0. The third-order valence-electron chi connectivity index (χ3n) is 4.02. The molecule has 134 valence electrons. The smallest absolute Gasteiger partial charge is 0.321 e. The van der Waals surface area contributed by atoms with Crippen molar-refractivity contribution in [1.82, 2.24) is 4.57 Å². The molecule has 1 N–H and O–H groups in total. The van der Waals surface area contributed by atoms with Gasteiger partial charge in [-0.25, -0.2) is 0 Å². The van der Waals surface area contributed by atoms with Crippen LogP contribution in [-0.4, -0.2) is 10.5 Å². The van der Waals surface area contributed by atoms with Gasteiger partial charge in [0.05, 0.1) is 5.56 Å². The van der Waals surface area contributed by atoms with Gasteiger partial charge in [-0.15, -0.1) is 0 Å². The van der Waals surface area contributed by atoms with E-state index in [1.165, 1.54) is 16.7 Å². The molecular weight excluding hydrogens is 345 g/mol. The third kappa shape index (κ3) is 3.33. The normalized spacial score (nSPS) is 11.5. The molecule has 1 heterocycles. The molecule has 3 rings (SSSR count). The van der Waals surface area contributed by atoms with Gasteiger partial charge >= 0.3 is 6.18 Å². The first-order valence-corrected chi connectivity index (χ1v) is 7.92. The van der Waals surface area contributed by atoms with E-state index >= 15 is 0 Å². The molecule has 0 atom stereocenters. The molecule has 0 spiro atoms. The summed E-state index contributed by atoms with van der Waals surface area (Å²) in [6.07, 6.45) is -4.50. The quantitative estimate of drug-likeness (QED) is 0.757. The molecule has 0 bridgehead atoms. The topological polar surface area (TPSA) is 51.1 Å². The molecular formula is C19H15F3N2O2. The summed E-state index contributed by atoms with van der Waals surface area (Å²) in [5.74, 6) is -0.644. The average Bonchev–Trinajstić information content (AvgIpc) is 2.61. The Labute approximate surface area is 146 Å². The Morgan fingerprint density at radius 2 is 1.81 bits per heavy atom. The number of rotatable bonds is 3. The van der Waals surface area contributed by atoms with Crippen LogP contribution in [0.2, 0.25) is 0 Å². The van der Waals surface area contributed by atoms with Crippen LogP contribution in [0, 0.1) is 0 Å². The summed E-state index contributed by atoms with van der Waals surface area (Å²) in [4.78, 5) is 25.2. The Hall–Kier alpha value is -3.09. The number of nitrogens with zero attached hydrogens (tertiary/aromatic N) is 1. The highest BCUT2D eigenvalue weighted by molar-refractivity contribution is 6.05. The number of halogens is 3. The molecule has 0 aliphatic rings. The van der Waals surface area contributed by atoms with E-state index in [9.17, 15) is 22.8 Å². The SMILES string of the molecule is CCn1c(C(=O)Nc2cccc(C(F)(F)F)c2)cc2ccccc2c1=O. The molecule has 0 fully saturated rings. The van der Waals surface area contributed by atoms with Crippen LogP contribution in [0.25, 0.3) is 10.8 Å². The van der Waals surface area contributed by atoms with Crippen molar-refractivity contribution in [3.8, 4) is 0 Å². The van der Waals surface area contributed by atoms with E-state index in [0.29, 0.717) is 10.8 Å². The van der Waals surface area contributed by atoms with Crippen molar-refractivity contribution < 1.29 is 18.0 Å². The second-order valence-corrected chi connectivity index (χ2v) is 5.70. The van der Waals surface area contributed by atoms with Crippen molar-refractivity contribution in [2.24, 2.45) is 0 Å². The van der Waals surface area contributed by atoms with Crippen molar-refractivity contribution in [3.05, 3.63) is 76.2 Å². The zero-order valence-corrected chi connectivity index (χ0v) is 13.8. The number of fused-ring (bicyclic) bond motifs is 1. The number of anilines is 1. The molecule has 0 unspecified atom stereocenters. The molecule has 0 radical (unpaired) electrons. The molecule has 26 heavy (non-hydrogen) atoms. The van der Waals surface area contributed by atoms with Crippen LogP contribution in [0.15, 0.2) is 59.4 Å². The Bertz CT molecular complexity index is 1040. The summed E-state index contributed by atoms with van der Waals surface area (Å²) in [5, 5.41) is 3.51. The van der Waals surface area contributed by atoms with Gasteiger partial charge in [-0.1, -0.05) is 24.3 Å². The van der Waals surface area contributed by atoms with Crippen LogP contribution in [0.5, 0.6) is 0 Å². The second-order valence-electron chi connectivity index (χ2n) is 5.70. The van der Waals surface area contributed by atoms with Gasteiger partial charge in [0.15, 0.2) is 0 Å². The minimum absolute atomic E-state index is 0.00749. The van der Waals surface area contributed by atoms with Crippen molar-refractivity contribution in [1.29, 1.82) is 0 Å². The number of carbonyl (C=O) groups is 1. The van der Waals surface area contributed by atoms with Gasteiger partial charge in [-0.3, -0.25) is 9.59 Å². The molecule has 0 aliphatic carbocycles. The lowest BCUT2D eigenvalue weighted by atomic mass is 10.1. The highest BCUT2D eigenvalue weighted by Gasteiger charge is 2.30. The first-order chi connectivity index (χ1) is 12.3. The van der Waals surface area contributed by atoms with Crippen molar-refractivity contribution in [3.63, 3.8) is 0 Å². The van der Waals surface area contributed by atoms with E-state index in [0.717, 1.165) is 12.1 Å². The van der Waals surface area contributed by atoms with E-state index in [-0.39, 0.29) is 23.5 Å². The molecule has 7 heteroatoms. The summed E-state index contributed by atoms with van der Waals surface area (Å²) in [6.45, 7) is 1.98. The molecule has 1 amide bonds. The summed E-state index contributed by atoms with van der Waals surface area (Å²) < 4.78 is 39.7. The van der Waals surface area contributed by atoms with Gasteiger partial charge in [0, 0.05) is 17.6 Å². The van der Waals surface area contributed by atoms with Gasteiger partial charge in [0.2, 0.25) is 0 Å². The van der Waals surface area contributed by atoms with Crippen molar-refractivity contribution in [2.45, 2.75) is 19.6 Å². The zero-order valence-electron chi connectivity index (χ0n) is 13.8. The number of amides is 1. The Kier molecular flexibility index (Phi) is 4.54. The second kappa shape index (κ2) is 6.67. The van der Waals surface area contributed by atoms with Crippen LogP contribution < -0.4 is 10.9 Å². The molecule has 0 saturated heterocycles. The number of aromatic nitrogens is 1. The molecule has 2 aromatic carbocycles. The lowest BCUT2D eigenvalue weighted by Gasteiger charge is -2.14. The molecule has 1 aromatic heterocycles. The molecule has 4 nitrogen and oxygen atoms in total. The fraction of sp³-hybridized carbons (Fsp3) is 0.158. The minimum Gasteiger partial charge on any atom is -0.321 e. The molecule has 0 aliphatic heterocycles. The van der Waals surface area contributed by atoms with Crippen LogP contribution in [-0.2, 0) is 12.7 Å². The maximum atomic E-state index is 12.8. The van der Waals surface area contributed by atoms with Gasteiger partial charge in [0.1, 0.15) is 5.69 Å². The van der Waals surface area contributed by atoms with Gasteiger partial charge in [-0.05, 0) is 42.6 Å². The third-order valence-corrected chi connectivity index (χ3v) is 4.02. The maximum Gasteiger partial charge on any atom is 0.416 e. The Morgan fingerprint density at radius 3 is 2.50 bits per heavy atom. The number of carbonyl (C=O) groups excluding carboxylic acids is 1. The van der Waals surface area contributed by atoms with Crippen molar-refractivity contribution >= 4 is 22.4 Å². The highest BCUT2D eigenvalue weighted by Crippen LogP contribution is 2.30. The number of pyridine rings is 1. The van der Waals surface area contributed by atoms with Crippen LogP contribution in [0.3, 0.4) is 0 Å². The number of alkyl halides is 3. The summed E-state index contributed by atoms with van der Waals surface area (Å²) in [5.41, 5.74) is -1.08. The Balaban J connectivity index is 2.02. The highest BCUT2D eigenvalue weighted by atomic mass is 19.4. The predicted octanol–water partition coefficient (Wildman–Crippen LogP) is 4.29. The van der Waals surface area contributed by atoms with Crippen LogP contribution in [0.1, 0.15) is 23.0 Å². The first kappa shape index (κ1) is 17.7. The number of benzene rings is 2. The lowest BCUT2D eigenvalue weighted by Crippen LogP contribution is -2.28. The summed E-state index contributed by atoms with van der Waals surface area (Å²) in [6, 6.07) is 12.8. The van der Waals surface area contributed by atoms with Gasteiger partial charge in [-0.2, -0.15) is 13.2 Å². The van der Waals surface area contributed by atoms with E-state index < -0.39 is 17.6 Å². The predicted molar refractivity (Wildman–Crippen MR) is 93.3 cm³/mol. The maximum absolute atomic E-state index is 12.8. The average molecular weight is 360 g/mol. The number of nitrogens with one attached hydrogen (secondary N) is 1. The van der Waals surface area contributed by atoms with E-state index in [1.807, 2.05) is 0 Å². The minimum atomic E-state index is -4.50. The van der Waals surface area contributed by atoms with Crippen LogP contribution >= 0.6 is 0 Å². The lowest BCUT2D eigenvalue weighted by molar-refractivity contribution is -0.137. The van der Waals surface area contributed by atoms with E-state index in [4.69, 9.17) is 0 Å².